The molecule has 0 aliphatic heterocycles. The Labute approximate surface area is 103 Å². The van der Waals surface area contributed by atoms with Crippen LogP contribution in [-0.2, 0) is 0 Å². The van der Waals surface area contributed by atoms with Gasteiger partial charge in [0.25, 0.3) is 5.91 Å². The Balaban J connectivity index is 2.80. The van der Waals surface area contributed by atoms with E-state index in [2.05, 4.69) is 11.9 Å². The Hall–Kier alpha value is -1.42. The molecular weight excluding hydrogens is 214 g/mol. The van der Waals surface area contributed by atoms with Crippen LogP contribution >= 0.6 is 0 Å². The Kier molecular flexibility index (Phi) is 5.63. The van der Waals surface area contributed by atoms with E-state index in [1.165, 1.54) is 0 Å². The fraction of sp³-hybridized carbons (Fsp3) is 0.538. The maximum atomic E-state index is 12.3. The summed E-state index contributed by atoms with van der Waals surface area (Å²) in [6, 6.07) is 3.63. The van der Waals surface area contributed by atoms with Gasteiger partial charge in [0.05, 0.1) is 5.56 Å². The lowest BCUT2D eigenvalue weighted by Crippen LogP contribution is -2.34. The number of amides is 1. The van der Waals surface area contributed by atoms with Gasteiger partial charge in [-0.1, -0.05) is 6.92 Å². The van der Waals surface area contributed by atoms with E-state index in [0.717, 1.165) is 31.6 Å². The summed E-state index contributed by atoms with van der Waals surface area (Å²) in [5, 5.41) is 0. The van der Waals surface area contributed by atoms with Crippen molar-refractivity contribution in [2.24, 2.45) is 5.73 Å². The van der Waals surface area contributed by atoms with E-state index in [1.807, 2.05) is 17.9 Å². The van der Waals surface area contributed by atoms with E-state index in [0.29, 0.717) is 12.1 Å². The number of rotatable bonds is 6. The van der Waals surface area contributed by atoms with Gasteiger partial charge < -0.3 is 10.6 Å². The first-order valence-corrected chi connectivity index (χ1v) is 6.11. The molecule has 0 fully saturated rings. The molecule has 0 aromatic carbocycles. The number of carbonyl (C=O) groups excluding carboxylic acids is 1. The first kappa shape index (κ1) is 13.6. The average Bonchev–Trinajstić information content (AvgIpc) is 2.34. The summed E-state index contributed by atoms with van der Waals surface area (Å²) in [5.74, 6) is 0.0610. The summed E-state index contributed by atoms with van der Waals surface area (Å²) in [7, 11) is 0. The first-order chi connectivity index (χ1) is 8.20. The van der Waals surface area contributed by atoms with Crippen LogP contribution in [0.25, 0.3) is 0 Å². The molecule has 4 nitrogen and oxygen atoms in total. The van der Waals surface area contributed by atoms with Gasteiger partial charge in [-0.05, 0) is 38.4 Å². The van der Waals surface area contributed by atoms with E-state index in [-0.39, 0.29) is 5.91 Å². The lowest BCUT2D eigenvalue weighted by molar-refractivity contribution is 0.0753. The van der Waals surface area contributed by atoms with Gasteiger partial charge in [-0.2, -0.15) is 0 Å². The van der Waals surface area contributed by atoms with Gasteiger partial charge in [-0.15, -0.1) is 0 Å². The minimum atomic E-state index is 0.0610. The third-order valence-corrected chi connectivity index (χ3v) is 2.65. The van der Waals surface area contributed by atoms with Gasteiger partial charge in [0, 0.05) is 25.0 Å². The van der Waals surface area contributed by atoms with Crippen molar-refractivity contribution in [1.82, 2.24) is 9.88 Å². The molecule has 1 aromatic heterocycles. The number of aryl methyl sites for hydroxylation is 1. The van der Waals surface area contributed by atoms with Crippen LogP contribution in [0.5, 0.6) is 0 Å². The molecule has 4 heteroatoms. The molecule has 0 aliphatic carbocycles. The number of nitrogens with two attached hydrogens (primary N) is 1. The van der Waals surface area contributed by atoms with Crippen molar-refractivity contribution < 1.29 is 4.79 Å². The van der Waals surface area contributed by atoms with E-state index in [1.54, 1.807) is 12.3 Å². The molecule has 0 saturated carbocycles. The van der Waals surface area contributed by atoms with Gasteiger partial charge in [-0.25, -0.2) is 0 Å². The number of nitrogens with zero attached hydrogens (tertiary/aromatic N) is 2. The van der Waals surface area contributed by atoms with Crippen molar-refractivity contribution in [2.75, 3.05) is 19.6 Å². The molecule has 1 amide bonds. The molecule has 0 saturated heterocycles. The lowest BCUT2D eigenvalue weighted by Gasteiger charge is -2.22. The summed E-state index contributed by atoms with van der Waals surface area (Å²) in [6.07, 6.45) is 3.50. The van der Waals surface area contributed by atoms with Crippen molar-refractivity contribution in [1.29, 1.82) is 0 Å². The molecule has 17 heavy (non-hydrogen) atoms. The molecule has 1 rings (SSSR count). The zero-order valence-electron chi connectivity index (χ0n) is 10.6. The largest absolute Gasteiger partial charge is 0.339 e. The number of hydrogen-bond acceptors (Lipinski definition) is 3. The van der Waals surface area contributed by atoms with Gasteiger partial charge in [0.1, 0.15) is 0 Å². The molecule has 0 bridgehead atoms. The monoisotopic (exact) mass is 235 g/mol. The lowest BCUT2D eigenvalue weighted by atomic mass is 10.1. The maximum absolute atomic E-state index is 12.3. The highest BCUT2D eigenvalue weighted by atomic mass is 16.2. The highest BCUT2D eigenvalue weighted by Gasteiger charge is 2.16. The van der Waals surface area contributed by atoms with E-state index in [4.69, 9.17) is 5.73 Å². The third kappa shape index (κ3) is 3.82. The van der Waals surface area contributed by atoms with Crippen LogP contribution in [0, 0.1) is 6.92 Å². The zero-order chi connectivity index (χ0) is 12.7. The Morgan fingerprint density at radius 2 is 2.24 bits per heavy atom. The van der Waals surface area contributed by atoms with Crippen LogP contribution in [0.15, 0.2) is 18.3 Å². The summed E-state index contributed by atoms with van der Waals surface area (Å²) in [5.41, 5.74) is 6.97. The summed E-state index contributed by atoms with van der Waals surface area (Å²) in [4.78, 5) is 18.3. The van der Waals surface area contributed by atoms with Crippen LogP contribution in [-0.4, -0.2) is 35.4 Å². The van der Waals surface area contributed by atoms with Gasteiger partial charge >= 0.3 is 0 Å². The van der Waals surface area contributed by atoms with E-state index < -0.39 is 0 Å². The predicted octanol–water partition coefficient (Wildman–Crippen LogP) is 1.59. The zero-order valence-corrected chi connectivity index (χ0v) is 10.6. The molecule has 2 N–H and O–H groups in total. The smallest absolute Gasteiger partial charge is 0.255 e. The SMILES string of the molecule is CCCN(CCCN)C(=O)c1cccnc1C. The molecule has 0 aliphatic rings. The molecule has 1 aromatic rings. The van der Waals surface area contributed by atoms with Crippen molar-refractivity contribution in [2.45, 2.75) is 26.7 Å². The minimum Gasteiger partial charge on any atom is -0.339 e. The number of aromatic nitrogens is 1. The number of carbonyl (C=O) groups is 1. The van der Waals surface area contributed by atoms with Crippen LogP contribution < -0.4 is 5.73 Å². The Morgan fingerprint density at radius 3 is 2.82 bits per heavy atom. The first-order valence-electron chi connectivity index (χ1n) is 6.11. The minimum absolute atomic E-state index is 0.0610. The van der Waals surface area contributed by atoms with Crippen LogP contribution in [0.2, 0.25) is 0 Å². The molecule has 0 unspecified atom stereocenters. The van der Waals surface area contributed by atoms with E-state index in [9.17, 15) is 4.79 Å². The van der Waals surface area contributed by atoms with Crippen molar-refractivity contribution >= 4 is 5.91 Å². The molecule has 0 radical (unpaired) electrons. The van der Waals surface area contributed by atoms with Gasteiger partial charge in [0.15, 0.2) is 0 Å². The second-order valence-corrected chi connectivity index (χ2v) is 4.07. The Morgan fingerprint density at radius 1 is 1.47 bits per heavy atom. The van der Waals surface area contributed by atoms with Crippen LogP contribution in [0.4, 0.5) is 0 Å². The quantitative estimate of drug-likeness (QED) is 0.814. The van der Waals surface area contributed by atoms with Crippen molar-refractivity contribution in [3.63, 3.8) is 0 Å². The third-order valence-electron chi connectivity index (χ3n) is 2.65. The molecule has 0 spiro atoms. The van der Waals surface area contributed by atoms with Gasteiger partial charge in [0.2, 0.25) is 0 Å². The van der Waals surface area contributed by atoms with Crippen molar-refractivity contribution in [3.05, 3.63) is 29.6 Å². The van der Waals surface area contributed by atoms with Crippen LogP contribution in [0.1, 0.15) is 35.8 Å². The topological polar surface area (TPSA) is 59.2 Å². The summed E-state index contributed by atoms with van der Waals surface area (Å²) >= 11 is 0. The standard InChI is InChI=1S/C13H21N3O/c1-3-9-16(10-5-7-14)13(17)12-6-4-8-15-11(12)2/h4,6,8H,3,5,7,9-10,14H2,1-2H3. The fourth-order valence-corrected chi connectivity index (χ4v) is 1.75. The Bertz CT molecular complexity index is 365. The molecule has 0 atom stereocenters. The van der Waals surface area contributed by atoms with Crippen molar-refractivity contribution in [3.8, 4) is 0 Å². The molecule has 94 valence electrons. The number of pyridine rings is 1. The predicted molar refractivity (Wildman–Crippen MR) is 68.8 cm³/mol. The number of hydrogen-bond donors (Lipinski definition) is 1. The normalized spacial score (nSPS) is 10.3. The summed E-state index contributed by atoms with van der Waals surface area (Å²) < 4.78 is 0. The second kappa shape index (κ2) is 7.01. The maximum Gasteiger partial charge on any atom is 0.255 e. The highest BCUT2D eigenvalue weighted by Crippen LogP contribution is 2.09. The van der Waals surface area contributed by atoms with Crippen LogP contribution in [0.3, 0.4) is 0 Å². The van der Waals surface area contributed by atoms with E-state index >= 15 is 0 Å². The average molecular weight is 235 g/mol. The van der Waals surface area contributed by atoms with Gasteiger partial charge in [-0.3, -0.25) is 9.78 Å². The fourth-order valence-electron chi connectivity index (χ4n) is 1.75. The molecular formula is C13H21N3O. The second-order valence-electron chi connectivity index (χ2n) is 4.07. The highest BCUT2D eigenvalue weighted by molar-refractivity contribution is 5.95. The molecule has 1 heterocycles. The summed E-state index contributed by atoms with van der Waals surface area (Å²) in [6.45, 7) is 6.03.